The van der Waals surface area contributed by atoms with Gasteiger partial charge in [0.2, 0.25) is 0 Å². The van der Waals surface area contributed by atoms with Crippen molar-refractivity contribution in [3.05, 3.63) is 62.3 Å². The minimum atomic E-state index is -0.699. The minimum absolute atomic E-state index is 0.0284. The highest BCUT2D eigenvalue weighted by Gasteiger charge is 2.51. The smallest absolute Gasteiger partial charge is 0.158 e. The van der Waals surface area contributed by atoms with Gasteiger partial charge in [0, 0.05) is 44.2 Å². The minimum Gasteiger partial charge on any atom is -0.368 e. The Bertz CT molecular complexity index is 801. The molecule has 2 heterocycles. The first-order chi connectivity index (χ1) is 12.5. The third kappa shape index (κ3) is 3.31. The molecule has 1 N–H and O–H groups in total. The van der Waals surface area contributed by atoms with Gasteiger partial charge in [-0.25, -0.2) is 0 Å². The van der Waals surface area contributed by atoms with E-state index in [1.807, 2.05) is 31.3 Å². The highest BCUT2D eigenvalue weighted by molar-refractivity contribution is 9.10. The average molecular weight is 457 g/mol. The second kappa shape index (κ2) is 7.40. The predicted molar refractivity (Wildman–Crippen MR) is 107 cm³/mol. The van der Waals surface area contributed by atoms with Crippen molar-refractivity contribution >= 4 is 39.1 Å². The van der Waals surface area contributed by atoms with E-state index in [2.05, 4.69) is 22.0 Å². The van der Waals surface area contributed by atoms with Gasteiger partial charge in [-0.2, -0.15) is 0 Å². The van der Waals surface area contributed by atoms with Crippen molar-refractivity contribution in [2.24, 2.45) is 11.8 Å². The maximum Gasteiger partial charge on any atom is 0.158 e. The van der Waals surface area contributed by atoms with Crippen LogP contribution in [0.25, 0.3) is 0 Å². The Morgan fingerprint density at radius 1 is 1.19 bits per heavy atom. The SMILES string of the molecule is CC1OC(O)C2CCC(c3ccc(Cl)cc3Cl)C(c3ccc(Br)cn3)C12. The summed E-state index contributed by atoms with van der Waals surface area (Å²) in [6.07, 6.45) is 2.94. The molecule has 2 aliphatic rings. The number of rotatable bonds is 2. The lowest BCUT2D eigenvalue weighted by Gasteiger charge is -2.41. The molecule has 26 heavy (non-hydrogen) atoms. The summed E-state index contributed by atoms with van der Waals surface area (Å²) in [6, 6.07) is 9.80. The van der Waals surface area contributed by atoms with Gasteiger partial charge in [-0.15, -0.1) is 0 Å². The number of aromatic nitrogens is 1. The van der Waals surface area contributed by atoms with Crippen LogP contribution in [0.15, 0.2) is 41.0 Å². The van der Waals surface area contributed by atoms with Gasteiger partial charge in [0.25, 0.3) is 0 Å². The first kappa shape index (κ1) is 18.7. The number of ether oxygens (including phenoxy) is 1. The zero-order chi connectivity index (χ0) is 18.4. The third-order valence-corrected chi connectivity index (χ3v) is 6.90. The van der Waals surface area contributed by atoms with Gasteiger partial charge in [0.05, 0.1) is 6.10 Å². The van der Waals surface area contributed by atoms with Crippen LogP contribution in [-0.4, -0.2) is 22.5 Å². The molecule has 2 fully saturated rings. The van der Waals surface area contributed by atoms with Crippen LogP contribution < -0.4 is 0 Å². The van der Waals surface area contributed by atoms with Gasteiger partial charge >= 0.3 is 0 Å². The molecule has 1 aliphatic heterocycles. The third-order valence-electron chi connectivity index (χ3n) is 5.87. The molecule has 1 aromatic heterocycles. The van der Waals surface area contributed by atoms with Gasteiger partial charge < -0.3 is 9.84 Å². The predicted octanol–water partition coefficient (Wildman–Crippen LogP) is 5.78. The number of benzene rings is 1. The maximum atomic E-state index is 10.4. The van der Waals surface area contributed by atoms with Crippen molar-refractivity contribution in [3.8, 4) is 0 Å². The first-order valence-electron chi connectivity index (χ1n) is 8.85. The molecule has 6 atom stereocenters. The van der Waals surface area contributed by atoms with Gasteiger partial charge in [0.15, 0.2) is 6.29 Å². The number of aliphatic hydroxyl groups excluding tert-OH is 1. The molecule has 1 saturated carbocycles. The molecule has 0 bridgehead atoms. The summed E-state index contributed by atoms with van der Waals surface area (Å²) in [7, 11) is 0. The Labute approximate surface area is 171 Å². The monoisotopic (exact) mass is 455 g/mol. The van der Waals surface area contributed by atoms with Crippen molar-refractivity contribution in [2.45, 2.75) is 44.0 Å². The number of aliphatic hydroxyl groups is 1. The number of halogens is 3. The van der Waals surface area contributed by atoms with Crippen LogP contribution in [0.4, 0.5) is 0 Å². The number of nitrogens with zero attached hydrogens (tertiary/aromatic N) is 1. The van der Waals surface area contributed by atoms with Crippen molar-refractivity contribution in [1.29, 1.82) is 0 Å². The molecular formula is C20H20BrCl2NO2. The Morgan fingerprint density at radius 3 is 2.69 bits per heavy atom. The average Bonchev–Trinajstić information content (AvgIpc) is 2.90. The maximum absolute atomic E-state index is 10.4. The van der Waals surface area contributed by atoms with Crippen molar-refractivity contribution in [1.82, 2.24) is 4.98 Å². The fourth-order valence-corrected chi connectivity index (χ4v) is 5.58. The van der Waals surface area contributed by atoms with Crippen LogP contribution in [0.3, 0.4) is 0 Å². The van der Waals surface area contributed by atoms with Crippen molar-refractivity contribution < 1.29 is 9.84 Å². The van der Waals surface area contributed by atoms with Crippen LogP contribution in [-0.2, 0) is 4.74 Å². The number of pyridine rings is 1. The molecule has 6 unspecified atom stereocenters. The fourth-order valence-electron chi connectivity index (χ4n) is 4.80. The van der Waals surface area contributed by atoms with Crippen LogP contribution in [0.5, 0.6) is 0 Å². The lowest BCUT2D eigenvalue weighted by atomic mass is 9.62. The number of hydrogen-bond acceptors (Lipinski definition) is 3. The van der Waals surface area contributed by atoms with Crippen LogP contribution >= 0.6 is 39.1 Å². The largest absolute Gasteiger partial charge is 0.368 e. The summed E-state index contributed by atoms with van der Waals surface area (Å²) in [6.45, 7) is 2.05. The lowest BCUT2D eigenvalue weighted by molar-refractivity contribution is -0.104. The highest BCUT2D eigenvalue weighted by Crippen LogP contribution is 2.55. The van der Waals surface area contributed by atoms with Crippen molar-refractivity contribution in [3.63, 3.8) is 0 Å². The van der Waals surface area contributed by atoms with E-state index in [0.29, 0.717) is 10.0 Å². The molecule has 2 aromatic rings. The first-order valence-corrected chi connectivity index (χ1v) is 10.4. The molecule has 138 valence electrons. The van der Waals surface area contributed by atoms with Crippen molar-refractivity contribution in [2.75, 3.05) is 0 Å². The summed E-state index contributed by atoms with van der Waals surface area (Å²) < 4.78 is 6.73. The number of hydrogen-bond donors (Lipinski definition) is 1. The van der Waals surface area contributed by atoms with Gasteiger partial charge in [-0.05, 0) is 71.4 Å². The fraction of sp³-hybridized carbons (Fsp3) is 0.450. The highest BCUT2D eigenvalue weighted by atomic mass is 79.9. The van der Waals surface area contributed by atoms with Crippen LogP contribution in [0.2, 0.25) is 10.0 Å². The van der Waals surface area contributed by atoms with E-state index >= 15 is 0 Å². The Balaban J connectivity index is 1.80. The van der Waals surface area contributed by atoms with E-state index in [-0.39, 0.29) is 29.8 Å². The van der Waals surface area contributed by atoms with E-state index in [9.17, 15) is 5.11 Å². The molecule has 0 spiro atoms. The van der Waals surface area contributed by atoms with E-state index in [1.54, 1.807) is 6.07 Å². The zero-order valence-electron chi connectivity index (χ0n) is 14.3. The summed E-state index contributed by atoms with van der Waals surface area (Å²) in [5.41, 5.74) is 2.11. The normalized spacial score (nSPS) is 33.9. The quantitative estimate of drug-likeness (QED) is 0.622. The molecule has 6 heteroatoms. The molecular weight excluding hydrogens is 437 g/mol. The Morgan fingerprint density at radius 2 is 2.00 bits per heavy atom. The standard InChI is InChI=1S/C20H20BrCl2NO2/c1-10-18-15(20(25)26-10)6-5-14(13-4-3-12(22)8-16(13)23)19(18)17-7-2-11(21)9-24-17/h2-4,7-10,14-15,18-20,25H,5-6H2,1H3. The van der Waals surface area contributed by atoms with E-state index < -0.39 is 6.29 Å². The molecule has 0 amide bonds. The van der Waals surface area contributed by atoms with Gasteiger partial charge in [0.1, 0.15) is 0 Å². The van der Waals surface area contributed by atoms with Gasteiger partial charge in [-0.3, -0.25) is 4.98 Å². The van der Waals surface area contributed by atoms with E-state index in [0.717, 1.165) is 28.6 Å². The van der Waals surface area contributed by atoms with Gasteiger partial charge in [-0.1, -0.05) is 29.3 Å². The van der Waals surface area contributed by atoms with Crippen LogP contribution in [0.1, 0.15) is 42.9 Å². The summed E-state index contributed by atoms with van der Waals surface area (Å²) in [4.78, 5) is 4.69. The second-order valence-electron chi connectivity index (χ2n) is 7.25. The van der Waals surface area contributed by atoms with E-state index in [1.165, 1.54) is 0 Å². The molecule has 3 nitrogen and oxygen atoms in total. The molecule has 0 radical (unpaired) electrons. The molecule has 4 rings (SSSR count). The summed E-state index contributed by atoms with van der Waals surface area (Å²) >= 11 is 16.1. The zero-order valence-corrected chi connectivity index (χ0v) is 17.4. The Hall–Kier alpha value is -0.650. The topological polar surface area (TPSA) is 42.4 Å². The Kier molecular flexibility index (Phi) is 5.32. The molecule has 1 aromatic carbocycles. The molecule has 1 saturated heterocycles. The number of fused-ring (bicyclic) bond motifs is 1. The lowest BCUT2D eigenvalue weighted by Crippen LogP contribution is -2.36. The summed E-state index contributed by atoms with van der Waals surface area (Å²) in [5.74, 6) is 0.672. The molecule has 1 aliphatic carbocycles. The van der Waals surface area contributed by atoms with Crippen LogP contribution in [0, 0.1) is 11.8 Å². The summed E-state index contributed by atoms with van der Waals surface area (Å²) in [5, 5.41) is 11.7. The second-order valence-corrected chi connectivity index (χ2v) is 9.01. The van der Waals surface area contributed by atoms with E-state index in [4.69, 9.17) is 32.9 Å².